The van der Waals surface area contributed by atoms with Crippen molar-refractivity contribution < 1.29 is 18.5 Å². The van der Waals surface area contributed by atoms with Crippen molar-refractivity contribution >= 4 is 7.82 Å². The summed E-state index contributed by atoms with van der Waals surface area (Å²) in [5.74, 6) is 0. The van der Waals surface area contributed by atoms with Crippen molar-refractivity contribution in [1.82, 2.24) is 0 Å². The Labute approximate surface area is 137 Å². The van der Waals surface area contributed by atoms with Crippen LogP contribution >= 0.6 is 7.82 Å². The maximum absolute atomic E-state index is 11.6. The van der Waals surface area contributed by atoms with Gasteiger partial charge in [-0.1, -0.05) is 84.5 Å². The van der Waals surface area contributed by atoms with E-state index in [0.29, 0.717) is 0 Å². The highest BCUT2D eigenvalue weighted by Gasteiger charge is 2.24. The van der Waals surface area contributed by atoms with Crippen molar-refractivity contribution in [2.45, 2.75) is 103 Å². The van der Waals surface area contributed by atoms with E-state index in [-0.39, 0.29) is 6.10 Å². The summed E-state index contributed by atoms with van der Waals surface area (Å²) in [4.78, 5) is 9.52. The molecule has 4 nitrogen and oxygen atoms in total. The standard InChI is InChI=1S/C17H37O4P/c1-4-6-8-10-12-14-16-17(21-22(18,19)20-3)15-13-11-9-7-5-2/h17H,4-16H2,1-3H3,(H,18,19). The molecule has 0 bridgehead atoms. The van der Waals surface area contributed by atoms with Crippen LogP contribution in [-0.4, -0.2) is 18.1 Å². The van der Waals surface area contributed by atoms with Gasteiger partial charge in [-0.25, -0.2) is 4.57 Å². The minimum Gasteiger partial charge on any atom is -0.302 e. The lowest BCUT2D eigenvalue weighted by atomic mass is 10.0. The zero-order valence-corrected chi connectivity index (χ0v) is 15.8. The van der Waals surface area contributed by atoms with Gasteiger partial charge >= 0.3 is 7.82 Å². The molecular weight excluding hydrogens is 299 g/mol. The number of hydrogen-bond donors (Lipinski definition) is 1. The Morgan fingerprint density at radius 3 is 1.64 bits per heavy atom. The molecule has 2 unspecified atom stereocenters. The molecule has 22 heavy (non-hydrogen) atoms. The highest BCUT2D eigenvalue weighted by Crippen LogP contribution is 2.45. The molecule has 0 amide bonds. The van der Waals surface area contributed by atoms with E-state index >= 15 is 0 Å². The van der Waals surface area contributed by atoms with Gasteiger partial charge in [0.2, 0.25) is 0 Å². The van der Waals surface area contributed by atoms with E-state index in [0.717, 1.165) is 25.7 Å². The van der Waals surface area contributed by atoms with Gasteiger partial charge in [0, 0.05) is 7.11 Å². The second kappa shape index (κ2) is 14.7. The van der Waals surface area contributed by atoms with Gasteiger partial charge in [0.1, 0.15) is 0 Å². The number of unbranched alkanes of at least 4 members (excludes halogenated alkanes) is 9. The summed E-state index contributed by atoms with van der Waals surface area (Å²) in [6.45, 7) is 4.41. The van der Waals surface area contributed by atoms with Gasteiger partial charge in [-0.3, -0.25) is 9.05 Å². The van der Waals surface area contributed by atoms with E-state index in [1.807, 2.05) is 0 Å². The fourth-order valence-electron chi connectivity index (χ4n) is 2.61. The highest BCUT2D eigenvalue weighted by atomic mass is 31.2. The van der Waals surface area contributed by atoms with Gasteiger partial charge < -0.3 is 4.89 Å². The monoisotopic (exact) mass is 336 g/mol. The number of phosphoric acid groups is 1. The average molecular weight is 336 g/mol. The molecule has 0 aliphatic heterocycles. The Morgan fingerprint density at radius 2 is 1.23 bits per heavy atom. The lowest BCUT2D eigenvalue weighted by molar-refractivity contribution is 0.103. The lowest BCUT2D eigenvalue weighted by Gasteiger charge is -2.20. The van der Waals surface area contributed by atoms with E-state index < -0.39 is 7.82 Å². The predicted octanol–water partition coefficient (Wildman–Crippen LogP) is 6.23. The van der Waals surface area contributed by atoms with Crippen LogP contribution in [0.5, 0.6) is 0 Å². The predicted molar refractivity (Wildman–Crippen MR) is 93.1 cm³/mol. The first kappa shape index (κ1) is 22.1. The van der Waals surface area contributed by atoms with Crippen LogP contribution in [-0.2, 0) is 13.6 Å². The van der Waals surface area contributed by atoms with Gasteiger partial charge in [0.15, 0.2) is 0 Å². The van der Waals surface area contributed by atoms with Crippen LogP contribution in [0.15, 0.2) is 0 Å². The fraction of sp³-hybridized carbons (Fsp3) is 1.00. The molecule has 5 heteroatoms. The van der Waals surface area contributed by atoms with Gasteiger partial charge in [-0.05, 0) is 12.8 Å². The van der Waals surface area contributed by atoms with Crippen LogP contribution in [0.3, 0.4) is 0 Å². The molecule has 0 saturated carbocycles. The molecule has 134 valence electrons. The van der Waals surface area contributed by atoms with Gasteiger partial charge in [-0.15, -0.1) is 0 Å². The third kappa shape index (κ3) is 13.8. The SMILES string of the molecule is CCCCCCCCC(CCCCCCC)OP(=O)(O)OC. The third-order valence-electron chi connectivity index (χ3n) is 4.02. The molecule has 1 N–H and O–H groups in total. The molecule has 0 aromatic carbocycles. The normalized spacial score (nSPS) is 15.6. The number of hydrogen-bond acceptors (Lipinski definition) is 3. The zero-order valence-electron chi connectivity index (χ0n) is 14.9. The quantitative estimate of drug-likeness (QED) is 0.268. The van der Waals surface area contributed by atoms with E-state index in [4.69, 9.17) is 4.52 Å². The largest absolute Gasteiger partial charge is 0.472 e. The van der Waals surface area contributed by atoms with Crippen LogP contribution in [0.2, 0.25) is 0 Å². The molecule has 0 radical (unpaired) electrons. The van der Waals surface area contributed by atoms with Gasteiger partial charge in [0.05, 0.1) is 6.10 Å². The maximum Gasteiger partial charge on any atom is 0.472 e. The molecular formula is C17H37O4P. The minimum atomic E-state index is -3.86. The van der Waals surface area contributed by atoms with Crippen molar-refractivity contribution in [3.8, 4) is 0 Å². The molecule has 0 spiro atoms. The summed E-state index contributed by atoms with van der Waals surface area (Å²) in [5, 5.41) is 0. The van der Waals surface area contributed by atoms with Crippen molar-refractivity contribution in [3.05, 3.63) is 0 Å². The first-order chi connectivity index (χ1) is 10.6. The third-order valence-corrected chi connectivity index (χ3v) is 5.05. The van der Waals surface area contributed by atoms with Crippen LogP contribution < -0.4 is 0 Å². The molecule has 2 atom stereocenters. The van der Waals surface area contributed by atoms with Crippen LogP contribution in [0.25, 0.3) is 0 Å². The van der Waals surface area contributed by atoms with Crippen LogP contribution in [0.1, 0.15) is 97.3 Å². The topological polar surface area (TPSA) is 55.8 Å². The van der Waals surface area contributed by atoms with Crippen LogP contribution in [0, 0.1) is 0 Å². The summed E-state index contributed by atoms with van der Waals surface area (Å²) in [5.41, 5.74) is 0. The fourth-order valence-corrected chi connectivity index (χ4v) is 3.28. The molecule has 0 rings (SSSR count). The van der Waals surface area contributed by atoms with Crippen molar-refractivity contribution in [2.24, 2.45) is 0 Å². The molecule has 0 fully saturated rings. The molecule has 0 aromatic heterocycles. The lowest BCUT2D eigenvalue weighted by Crippen LogP contribution is -2.12. The summed E-state index contributed by atoms with van der Waals surface area (Å²) >= 11 is 0. The molecule has 0 heterocycles. The Morgan fingerprint density at radius 1 is 0.818 bits per heavy atom. The summed E-state index contributed by atoms with van der Waals surface area (Å²) in [7, 11) is -2.63. The number of phosphoric ester groups is 1. The summed E-state index contributed by atoms with van der Waals surface area (Å²) < 4.78 is 21.5. The second-order valence-corrected chi connectivity index (χ2v) is 7.65. The maximum atomic E-state index is 11.6. The van der Waals surface area contributed by atoms with Crippen LogP contribution in [0.4, 0.5) is 0 Å². The smallest absolute Gasteiger partial charge is 0.302 e. The van der Waals surface area contributed by atoms with Gasteiger partial charge in [-0.2, -0.15) is 0 Å². The van der Waals surface area contributed by atoms with Gasteiger partial charge in [0.25, 0.3) is 0 Å². The molecule has 0 aliphatic rings. The van der Waals surface area contributed by atoms with Crippen molar-refractivity contribution in [1.29, 1.82) is 0 Å². The first-order valence-electron chi connectivity index (χ1n) is 9.12. The molecule has 0 aromatic rings. The minimum absolute atomic E-state index is 0.149. The first-order valence-corrected chi connectivity index (χ1v) is 10.6. The Hall–Kier alpha value is 0.110. The second-order valence-electron chi connectivity index (χ2n) is 6.14. The van der Waals surface area contributed by atoms with E-state index in [1.165, 1.54) is 64.9 Å². The Kier molecular flexibility index (Phi) is 14.8. The number of rotatable bonds is 16. The Balaban J connectivity index is 3.98. The van der Waals surface area contributed by atoms with E-state index in [2.05, 4.69) is 18.4 Å². The summed E-state index contributed by atoms with van der Waals surface area (Å²) in [6, 6.07) is 0. The van der Waals surface area contributed by atoms with E-state index in [9.17, 15) is 9.46 Å². The van der Waals surface area contributed by atoms with Crippen molar-refractivity contribution in [3.63, 3.8) is 0 Å². The zero-order chi connectivity index (χ0) is 16.7. The highest BCUT2D eigenvalue weighted by molar-refractivity contribution is 7.47. The van der Waals surface area contributed by atoms with Crippen molar-refractivity contribution in [2.75, 3.05) is 7.11 Å². The Bertz CT molecular complexity index is 284. The summed E-state index contributed by atoms with van der Waals surface area (Å²) in [6.07, 6.45) is 14.9. The molecule has 0 saturated heterocycles. The van der Waals surface area contributed by atoms with E-state index in [1.54, 1.807) is 0 Å². The molecule has 0 aliphatic carbocycles. The average Bonchev–Trinajstić information content (AvgIpc) is 2.50.